The average Bonchev–Trinajstić information content (AvgIpc) is 3.15. The lowest BCUT2D eigenvalue weighted by Crippen LogP contribution is -2.21. The zero-order valence-electron chi connectivity index (χ0n) is 11.0. The number of hydrogen-bond acceptors (Lipinski definition) is 4. The van der Waals surface area contributed by atoms with Gasteiger partial charge in [-0.2, -0.15) is 0 Å². The van der Waals surface area contributed by atoms with E-state index in [2.05, 4.69) is 15.3 Å². The minimum atomic E-state index is 0.296. The Kier molecular flexibility index (Phi) is 3.89. The number of nitrogens with one attached hydrogen (secondary N) is 1. The summed E-state index contributed by atoms with van der Waals surface area (Å²) in [7, 11) is 0. The van der Waals surface area contributed by atoms with Crippen molar-refractivity contribution in [1.82, 2.24) is 9.97 Å². The van der Waals surface area contributed by atoms with Crippen LogP contribution in [0.2, 0.25) is 5.15 Å². The molecule has 1 heterocycles. The molecule has 2 aliphatic rings. The van der Waals surface area contributed by atoms with E-state index < -0.39 is 0 Å². The van der Waals surface area contributed by atoms with E-state index >= 15 is 0 Å². The summed E-state index contributed by atoms with van der Waals surface area (Å²) in [6, 6.07) is 1.79. The summed E-state index contributed by atoms with van der Waals surface area (Å²) < 4.78 is 0. The molecule has 2 saturated carbocycles. The first-order valence-electron chi connectivity index (χ1n) is 7.15. The summed E-state index contributed by atoms with van der Waals surface area (Å²) in [5, 5.41) is 13.2. The SMILES string of the molecule is OCC1CCCC1CNc1cc(Cl)nc(C2CC2)n1. The Morgan fingerprint density at radius 3 is 2.74 bits per heavy atom. The lowest BCUT2D eigenvalue weighted by atomic mass is 9.97. The maximum absolute atomic E-state index is 9.33. The molecule has 3 rings (SSSR count). The highest BCUT2D eigenvalue weighted by atomic mass is 35.5. The molecule has 0 amide bonds. The number of rotatable bonds is 5. The van der Waals surface area contributed by atoms with Gasteiger partial charge in [-0.3, -0.25) is 0 Å². The predicted octanol–water partition coefficient (Wildman–Crippen LogP) is 2.83. The van der Waals surface area contributed by atoms with Gasteiger partial charge in [0, 0.05) is 25.1 Å². The molecule has 0 spiro atoms. The first kappa shape index (κ1) is 13.1. The van der Waals surface area contributed by atoms with Gasteiger partial charge < -0.3 is 10.4 Å². The van der Waals surface area contributed by atoms with Gasteiger partial charge in [0.05, 0.1) is 0 Å². The lowest BCUT2D eigenvalue weighted by Gasteiger charge is -2.18. The molecular weight excluding hydrogens is 262 g/mol. The summed E-state index contributed by atoms with van der Waals surface area (Å²) in [6.07, 6.45) is 5.90. The van der Waals surface area contributed by atoms with Gasteiger partial charge in [-0.1, -0.05) is 18.0 Å². The van der Waals surface area contributed by atoms with Gasteiger partial charge in [0.2, 0.25) is 0 Å². The zero-order chi connectivity index (χ0) is 13.2. The second-order valence-corrected chi connectivity index (χ2v) is 6.11. The third-order valence-electron chi connectivity index (χ3n) is 4.25. The van der Waals surface area contributed by atoms with Gasteiger partial charge in [0.25, 0.3) is 0 Å². The summed E-state index contributed by atoms with van der Waals surface area (Å²) >= 11 is 6.04. The van der Waals surface area contributed by atoms with Crippen molar-refractivity contribution in [2.75, 3.05) is 18.5 Å². The number of nitrogens with zero attached hydrogens (tertiary/aromatic N) is 2. The molecule has 0 saturated heterocycles. The van der Waals surface area contributed by atoms with Gasteiger partial charge in [0.15, 0.2) is 0 Å². The van der Waals surface area contributed by atoms with E-state index in [1.807, 2.05) is 0 Å². The van der Waals surface area contributed by atoms with Crippen LogP contribution in [0.25, 0.3) is 0 Å². The summed E-state index contributed by atoms with van der Waals surface area (Å²) in [6.45, 7) is 1.16. The average molecular weight is 282 g/mol. The fraction of sp³-hybridized carbons (Fsp3) is 0.714. The highest BCUT2D eigenvalue weighted by Gasteiger charge is 2.28. The molecule has 2 aliphatic carbocycles. The van der Waals surface area contributed by atoms with Gasteiger partial charge in [-0.25, -0.2) is 9.97 Å². The normalized spacial score (nSPS) is 26.6. The molecule has 2 atom stereocenters. The van der Waals surface area contributed by atoms with Crippen molar-refractivity contribution in [3.63, 3.8) is 0 Å². The van der Waals surface area contributed by atoms with E-state index in [0.29, 0.717) is 29.5 Å². The Morgan fingerprint density at radius 1 is 1.21 bits per heavy atom. The van der Waals surface area contributed by atoms with Crippen LogP contribution < -0.4 is 5.32 Å². The Bertz CT molecular complexity index is 450. The molecule has 19 heavy (non-hydrogen) atoms. The van der Waals surface area contributed by atoms with E-state index in [1.165, 1.54) is 25.7 Å². The van der Waals surface area contributed by atoms with Crippen LogP contribution in [0.3, 0.4) is 0 Å². The maximum atomic E-state index is 9.33. The second kappa shape index (κ2) is 5.63. The van der Waals surface area contributed by atoms with E-state index in [9.17, 15) is 5.11 Å². The molecule has 1 aromatic heterocycles. The third-order valence-corrected chi connectivity index (χ3v) is 4.44. The quantitative estimate of drug-likeness (QED) is 0.815. The van der Waals surface area contributed by atoms with Gasteiger partial charge in [-0.15, -0.1) is 0 Å². The summed E-state index contributed by atoms with van der Waals surface area (Å²) in [5.74, 6) is 3.19. The van der Waals surface area contributed by atoms with Crippen LogP contribution in [-0.2, 0) is 0 Å². The predicted molar refractivity (Wildman–Crippen MR) is 75.4 cm³/mol. The van der Waals surface area contributed by atoms with Gasteiger partial charge in [0.1, 0.15) is 16.8 Å². The van der Waals surface area contributed by atoms with Gasteiger partial charge in [-0.05, 0) is 37.5 Å². The minimum Gasteiger partial charge on any atom is -0.396 e. The largest absolute Gasteiger partial charge is 0.396 e. The molecule has 0 aromatic carbocycles. The monoisotopic (exact) mass is 281 g/mol. The van der Waals surface area contributed by atoms with Crippen LogP contribution in [0.15, 0.2) is 6.07 Å². The Balaban J connectivity index is 1.63. The third kappa shape index (κ3) is 3.18. The molecule has 4 nitrogen and oxygen atoms in total. The smallest absolute Gasteiger partial charge is 0.135 e. The first-order valence-corrected chi connectivity index (χ1v) is 7.53. The second-order valence-electron chi connectivity index (χ2n) is 5.72. The molecule has 2 unspecified atom stereocenters. The number of aromatic nitrogens is 2. The maximum Gasteiger partial charge on any atom is 0.135 e. The van der Waals surface area contributed by atoms with Crippen molar-refractivity contribution >= 4 is 17.4 Å². The van der Waals surface area contributed by atoms with Crippen LogP contribution in [0.5, 0.6) is 0 Å². The molecule has 2 N–H and O–H groups in total. The number of hydrogen-bond donors (Lipinski definition) is 2. The van der Waals surface area contributed by atoms with Crippen LogP contribution >= 0.6 is 11.6 Å². The topological polar surface area (TPSA) is 58.0 Å². The Morgan fingerprint density at radius 2 is 2.00 bits per heavy atom. The Hall–Kier alpha value is -0.870. The molecule has 2 fully saturated rings. The molecular formula is C14H20ClN3O. The van der Waals surface area contributed by atoms with Crippen molar-refractivity contribution < 1.29 is 5.11 Å². The molecule has 5 heteroatoms. The van der Waals surface area contributed by atoms with Crippen LogP contribution in [0, 0.1) is 11.8 Å². The molecule has 1 aromatic rings. The van der Waals surface area contributed by atoms with Crippen molar-refractivity contribution in [2.45, 2.75) is 38.0 Å². The van der Waals surface area contributed by atoms with Gasteiger partial charge >= 0.3 is 0 Å². The summed E-state index contributed by atoms with van der Waals surface area (Å²) in [4.78, 5) is 8.82. The van der Waals surface area contributed by atoms with Crippen molar-refractivity contribution in [3.05, 3.63) is 17.0 Å². The first-order chi connectivity index (χ1) is 9.26. The summed E-state index contributed by atoms with van der Waals surface area (Å²) in [5.41, 5.74) is 0. The highest BCUT2D eigenvalue weighted by Crippen LogP contribution is 2.39. The standard InChI is InChI=1S/C14H20ClN3O/c15-12-6-13(18-14(17-12)9-4-5-9)16-7-10-2-1-3-11(10)8-19/h6,9-11,19H,1-5,7-8H2,(H,16,17,18). The minimum absolute atomic E-state index is 0.296. The van der Waals surface area contributed by atoms with Crippen LogP contribution in [-0.4, -0.2) is 28.2 Å². The zero-order valence-corrected chi connectivity index (χ0v) is 11.7. The Labute approximate surface area is 118 Å². The van der Waals surface area contributed by atoms with E-state index in [1.54, 1.807) is 6.07 Å². The van der Waals surface area contributed by atoms with Crippen molar-refractivity contribution in [1.29, 1.82) is 0 Å². The molecule has 0 aliphatic heterocycles. The van der Waals surface area contributed by atoms with E-state index in [0.717, 1.165) is 24.6 Å². The number of halogens is 1. The van der Waals surface area contributed by atoms with E-state index in [-0.39, 0.29) is 0 Å². The van der Waals surface area contributed by atoms with Crippen molar-refractivity contribution in [2.24, 2.45) is 11.8 Å². The van der Waals surface area contributed by atoms with Crippen LogP contribution in [0.4, 0.5) is 5.82 Å². The number of aliphatic hydroxyl groups excluding tert-OH is 1. The fourth-order valence-corrected chi connectivity index (χ4v) is 3.10. The number of aliphatic hydroxyl groups is 1. The molecule has 0 bridgehead atoms. The van der Waals surface area contributed by atoms with Crippen molar-refractivity contribution in [3.8, 4) is 0 Å². The lowest BCUT2D eigenvalue weighted by molar-refractivity contribution is 0.199. The fourth-order valence-electron chi connectivity index (χ4n) is 2.91. The molecule has 104 valence electrons. The molecule has 0 radical (unpaired) electrons. The highest BCUT2D eigenvalue weighted by molar-refractivity contribution is 6.29. The number of anilines is 1. The van der Waals surface area contributed by atoms with E-state index in [4.69, 9.17) is 11.6 Å². The van der Waals surface area contributed by atoms with Crippen LogP contribution in [0.1, 0.15) is 43.8 Å².